The number of hydrogen-bond donors (Lipinski definition) is 2. The van der Waals surface area contributed by atoms with Crippen LogP contribution in [0, 0.1) is 0 Å². The van der Waals surface area contributed by atoms with E-state index < -0.39 is 5.60 Å². The van der Waals surface area contributed by atoms with Crippen LogP contribution in [0.25, 0.3) is 0 Å². The molecule has 0 aliphatic heterocycles. The molecule has 70 valence electrons. The number of ketones is 1. The molecule has 3 nitrogen and oxygen atoms in total. The summed E-state index contributed by atoms with van der Waals surface area (Å²) in [7, 11) is 0. The van der Waals surface area contributed by atoms with Gasteiger partial charge in [-0.2, -0.15) is 0 Å². The molecule has 1 fully saturated rings. The molecule has 0 saturated heterocycles. The van der Waals surface area contributed by atoms with Crippen molar-refractivity contribution >= 4 is 5.78 Å². The maximum atomic E-state index is 11.7. The number of aliphatic hydroxyl groups is 1. The van der Waals surface area contributed by atoms with E-state index in [4.69, 9.17) is 0 Å². The highest BCUT2D eigenvalue weighted by Gasteiger charge is 2.39. The lowest BCUT2D eigenvalue weighted by atomic mass is 9.94. The van der Waals surface area contributed by atoms with Crippen LogP contribution in [-0.4, -0.2) is 21.5 Å². The van der Waals surface area contributed by atoms with E-state index in [2.05, 4.69) is 4.98 Å². The Hall–Kier alpha value is -1.09. The first-order valence-corrected chi connectivity index (χ1v) is 4.63. The maximum absolute atomic E-state index is 11.7. The lowest BCUT2D eigenvalue weighted by Gasteiger charge is -2.18. The van der Waals surface area contributed by atoms with Crippen LogP contribution in [0.1, 0.15) is 36.2 Å². The van der Waals surface area contributed by atoms with Crippen molar-refractivity contribution in [1.29, 1.82) is 0 Å². The van der Waals surface area contributed by atoms with Gasteiger partial charge in [0, 0.05) is 6.20 Å². The van der Waals surface area contributed by atoms with E-state index in [1.54, 1.807) is 18.3 Å². The Labute approximate surface area is 76.8 Å². The highest BCUT2D eigenvalue weighted by atomic mass is 16.3. The molecule has 0 unspecified atom stereocenters. The molecule has 1 heterocycles. The summed E-state index contributed by atoms with van der Waals surface area (Å²) in [6.07, 6.45) is 4.80. The first-order chi connectivity index (χ1) is 6.22. The molecule has 1 aromatic rings. The van der Waals surface area contributed by atoms with Gasteiger partial charge in [-0.1, -0.05) is 0 Å². The van der Waals surface area contributed by atoms with Crippen LogP contribution in [0.5, 0.6) is 0 Å². The standard InChI is InChI=1S/C10H13NO2/c12-9(8-4-3-7-11-8)10(13)5-1-2-6-10/h3-4,7,11,13H,1-2,5-6H2. The number of aromatic amines is 1. The van der Waals surface area contributed by atoms with Gasteiger partial charge in [0.1, 0.15) is 5.60 Å². The Balaban J connectivity index is 2.21. The fourth-order valence-corrected chi connectivity index (χ4v) is 1.91. The highest BCUT2D eigenvalue weighted by molar-refractivity contribution is 6.01. The summed E-state index contributed by atoms with van der Waals surface area (Å²) in [6, 6.07) is 3.48. The minimum atomic E-state index is -1.09. The Morgan fingerprint density at radius 3 is 2.69 bits per heavy atom. The second-order valence-corrected chi connectivity index (χ2v) is 3.65. The number of nitrogens with one attached hydrogen (secondary N) is 1. The van der Waals surface area contributed by atoms with Gasteiger partial charge in [-0.25, -0.2) is 0 Å². The van der Waals surface area contributed by atoms with Crippen LogP contribution in [0.15, 0.2) is 18.3 Å². The minimum Gasteiger partial charge on any atom is -0.382 e. The third-order valence-electron chi connectivity index (χ3n) is 2.70. The van der Waals surface area contributed by atoms with Gasteiger partial charge in [-0.3, -0.25) is 4.79 Å². The number of hydrogen-bond acceptors (Lipinski definition) is 2. The average Bonchev–Trinajstić information content (AvgIpc) is 2.73. The number of carbonyl (C=O) groups excluding carboxylic acids is 1. The lowest BCUT2D eigenvalue weighted by Crippen LogP contribution is -2.35. The van der Waals surface area contributed by atoms with Crippen molar-refractivity contribution in [3.63, 3.8) is 0 Å². The van der Waals surface area contributed by atoms with Gasteiger partial charge < -0.3 is 10.1 Å². The summed E-state index contributed by atoms with van der Waals surface area (Å²) in [5.74, 6) is -0.157. The molecular formula is C10H13NO2. The Morgan fingerprint density at radius 2 is 2.15 bits per heavy atom. The summed E-state index contributed by atoms with van der Waals surface area (Å²) in [5, 5.41) is 9.96. The van der Waals surface area contributed by atoms with Crippen molar-refractivity contribution in [2.45, 2.75) is 31.3 Å². The smallest absolute Gasteiger partial charge is 0.210 e. The third-order valence-corrected chi connectivity index (χ3v) is 2.70. The highest BCUT2D eigenvalue weighted by Crippen LogP contribution is 2.31. The molecule has 0 bridgehead atoms. The maximum Gasteiger partial charge on any atom is 0.210 e. The van der Waals surface area contributed by atoms with Crippen LogP contribution in [-0.2, 0) is 0 Å². The summed E-state index contributed by atoms with van der Waals surface area (Å²) in [6.45, 7) is 0. The summed E-state index contributed by atoms with van der Waals surface area (Å²) < 4.78 is 0. The van der Waals surface area contributed by atoms with Gasteiger partial charge in [-0.15, -0.1) is 0 Å². The molecule has 0 atom stereocenters. The predicted molar refractivity (Wildman–Crippen MR) is 48.5 cm³/mol. The van der Waals surface area contributed by atoms with Crippen molar-refractivity contribution < 1.29 is 9.90 Å². The molecule has 0 amide bonds. The van der Waals surface area contributed by atoms with Crippen LogP contribution in [0.4, 0.5) is 0 Å². The molecule has 3 heteroatoms. The molecule has 0 radical (unpaired) electrons. The monoisotopic (exact) mass is 179 g/mol. The predicted octanol–water partition coefficient (Wildman–Crippen LogP) is 1.50. The minimum absolute atomic E-state index is 0.157. The molecule has 0 aromatic carbocycles. The second-order valence-electron chi connectivity index (χ2n) is 3.65. The second kappa shape index (κ2) is 3.00. The number of carbonyl (C=O) groups is 1. The van der Waals surface area contributed by atoms with Gasteiger partial charge in [0.2, 0.25) is 5.78 Å². The van der Waals surface area contributed by atoms with E-state index in [1.807, 2.05) is 0 Å². The van der Waals surface area contributed by atoms with Crippen molar-refractivity contribution in [1.82, 2.24) is 4.98 Å². The number of aromatic nitrogens is 1. The SMILES string of the molecule is O=C(c1ccc[nH]1)C1(O)CCCC1. The zero-order valence-corrected chi connectivity index (χ0v) is 7.42. The van der Waals surface area contributed by atoms with Gasteiger partial charge in [0.25, 0.3) is 0 Å². The third kappa shape index (κ3) is 1.40. The average molecular weight is 179 g/mol. The Morgan fingerprint density at radius 1 is 1.46 bits per heavy atom. The zero-order valence-electron chi connectivity index (χ0n) is 7.42. The quantitative estimate of drug-likeness (QED) is 0.676. The van der Waals surface area contributed by atoms with Crippen LogP contribution < -0.4 is 0 Å². The molecule has 1 aliphatic carbocycles. The molecule has 2 N–H and O–H groups in total. The first kappa shape index (κ1) is 8.51. The first-order valence-electron chi connectivity index (χ1n) is 4.63. The lowest BCUT2D eigenvalue weighted by molar-refractivity contribution is 0.0348. The van der Waals surface area contributed by atoms with Crippen molar-refractivity contribution in [2.75, 3.05) is 0 Å². The fourth-order valence-electron chi connectivity index (χ4n) is 1.91. The molecule has 2 rings (SSSR count). The summed E-state index contributed by atoms with van der Waals surface area (Å²) in [5.41, 5.74) is -0.574. The van der Waals surface area contributed by atoms with Gasteiger partial charge in [0.05, 0.1) is 5.69 Å². The largest absolute Gasteiger partial charge is 0.382 e. The van der Waals surface area contributed by atoms with E-state index in [0.717, 1.165) is 12.8 Å². The van der Waals surface area contributed by atoms with Gasteiger partial charge >= 0.3 is 0 Å². The number of rotatable bonds is 2. The number of H-pyrrole nitrogens is 1. The molecule has 0 spiro atoms. The van der Waals surface area contributed by atoms with Crippen molar-refractivity contribution in [2.24, 2.45) is 0 Å². The molecule has 1 aromatic heterocycles. The zero-order chi connectivity index (χ0) is 9.31. The van der Waals surface area contributed by atoms with E-state index in [1.165, 1.54) is 0 Å². The summed E-state index contributed by atoms with van der Waals surface area (Å²) >= 11 is 0. The van der Waals surface area contributed by atoms with Crippen molar-refractivity contribution in [3.8, 4) is 0 Å². The van der Waals surface area contributed by atoms with E-state index in [-0.39, 0.29) is 5.78 Å². The molecule has 1 aliphatic rings. The number of Topliss-reactive ketones (excluding diaryl/α,β-unsaturated/α-hetero) is 1. The van der Waals surface area contributed by atoms with E-state index in [0.29, 0.717) is 18.5 Å². The molecular weight excluding hydrogens is 166 g/mol. The van der Waals surface area contributed by atoms with E-state index in [9.17, 15) is 9.90 Å². The van der Waals surface area contributed by atoms with E-state index >= 15 is 0 Å². The Bertz CT molecular complexity index is 297. The fraction of sp³-hybridized carbons (Fsp3) is 0.500. The topological polar surface area (TPSA) is 53.1 Å². The molecule has 13 heavy (non-hydrogen) atoms. The normalized spacial score (nSPS) is 20.4. The van der Waals surface area contributed by atoms with Gasteiger partial charge in [-0.05, 0) is 37.8 Å². The van der Waals surface area contributed by atoms with Crippen LogP contribution in [0.2, 0.25) is 0 Å². The van der Waals surface area contributed by atoms with Crippen molar-refractivity contribution in [3.05, 3.63) is 24.0 Å². The molecule has 1 saturated carbocycles. The van der Waals surface area contributed by atoms with Crippen LogP contribution in [0.3, 0.4) is 0 Å². The summed E-state index contributed by atoms with van der Waals surface area (Å²) in [4.78, 5) is 14.6. The van der Waals surface area contributed by atoms with Crippen LogP contribution >= 0.6 is 0 Å². The van der Waals surface area contributed by atoms with Gasteiger partial charge in [0.15, 0.2) is 0 Å². The Kier molecular flexibility index (Phi) is 1.96.